The normalized spacial score (nSPS) is 15.6. The van der Waals surface area contributed by atoms with Gasteiger partial charge in [-0.15, -0.1) is 0 Å². The highest BCUT2D eigenvalue weighted by atomic mass is 32.2. The van der Waals surface area contributed by atoms with Crippen LogP contribution in [0.5, 0.6) is 0 Å². The van der Waals surface area contributed by atoms with Gasteiger partial charge in [0.05, 0.1) is 12.2 Å². The molecule has 7 heteroatoms. The zero-order valence-corrected chi connectivity index (χ0v) is 14.6. The van der Waals surface area contributed by atoms with Gasteiger partial charge >= 0.3 is 6.03 Å². The first-order valence-corrected chi connectivity index (χ1v) is 8.52. The Balaban J connectivity index is 1.94. The van der Waals surface area contributed by atoms with E-state index < -0.39 is 17.7 Å². The predicted molar refractivity (Wildman–Crippen MR) is 98.3 cm³/mol. The van der Waals surface area contributed by atoms with Crippen LogP contribution in [0.1, 0.15) is 13.8 Å². The van der Waals surface area contributed by atoms with Crippen LogP contribution in [0.3, 0.4) is 0 Å². The van der Waals surface area contributed by atoms with Crippen LogP contribution < -0.4 is 10.2 Å². The molecule has 0 aromatic heterocycles. The molecule has 0 spiro atoms. The molecule has 2 aromatic carbocycles. The lowest BCUT2D eigenvalue weighted by Crippen LogP contribution is -2.38. The number of para-hydroxylation sites is 1. The van der Waals surface area contributed by atoms with Crippen LogP contribution in [0.25, 0.3) is 0 Å². The van der Waals surface area contributed by atoms with Crippen molar-refractivity contribution in [2.45, 2.75) is 18.6 Å². The molecule has 1 aliphatic heterocycles. The molecule has 0 atom stereocenters. The summed E-state index contributed by atoms with van der Waals surface area (Å²) in [4.78, 5) is 18.5. The highest BCUT2D eigenvalue weighted by Gasteiger charge is 2.34. The van der Waals surface area contributed by atoms with Crippen LogP contribution in [0.15, 0.2) is 53.5 Å². The minimum atomic E-state index is -1.02. The number of benzene rings is 2. The summed E-state index contributed by atoms with van der Waals surface area (Å²) in [5.41, 5.74) is 0.819. The lowest BCUT2D eigenvalue weighted by molar-refractivity contribution is 0.259. The van der Waals surface area contributed by atoms with Crippen molar-refractivity contribution in [3.05, 3.63) is 60.2 Å². The number of amidine groups is 1. The van der Waals surface area contributed by atoms with Crippen molar-refractivity contribution in [1.82, 2.24) is 0 Å². The molecule has 0 aliphatic carbocycles. The number of rotatable bonds is 2. The van der Waals surface area contributed by atoms with Gasteiger partial charge in [-0.25, -0.2) is 18.5 Å². The lowest BCUT2D eigenvalue weighted by Gasteiger charge is -2.24. The Kier molecular flexibility index (Phi) is 4.76. The van der Waals surface area contributed by atoms with E-state index in [1.165, 1.54) is 22.7 Å². The van der Waals surface area contributed by atoms with Gasteiger partial charge in [-0.05, 0) is 38.1 Å². The first kappa shape index (κ1) is 17.4. The van der Waals surface area contributed by atoms with E-state index in [2.05, 4.69) is 10.3 Å². The number of nitrogens with zero attached hydrogens (tertiary/aromatic N) is 2. The van der Waals surface area contributed by atoms with Crippen molar-refractivity contribution < 1.29 is 13.6 Å². The molecule has 0 saturated heterocycles. The first-order chi connectivity index (χ1) is 11.9. The van der Waals surface area contributed by atoms with E-state index in [1.807, 2.05) is 19.9 Å². The summed E-state index contributed by atoms with van der Waals surface area (Å²) in [6.07, 6.45) is 0. The Morgan fingerprint density at radius 2 is 1.88 bits per heavy atom. The van der Waals surface area contributed by atoms with Gasteiger partial charge in [0.2, 0.25) is 0 Å². The molecular formula is C18H17F2N3OS. The second-order valence-corrected chi connectivity index (χ2v) is 7.87. The van der Waals surface area contributed by atoms with Gasteiger partial charge in [-0.1, -0.05) is 30.0 Å². The number of carbonyl (C=O) groups is 1. The number of nitrogens with one attached hydrogen (secondary N) is 1. The Bertz CT molecular complexity index is 824. The zero-order valence-electron chi connectivity index (χ0n) is 13.8. The minimum Gasteiger partial charge on any atom is -0.307 e. The van der Waals surface area contributed by atoms with Crippen LogP contribution in [0.4, 0.5) is 25.0 Å². The molecule has 2 amide bonds. The number of anilines is 2. The molecule has 25 heavy (non-hydrogen) atoms. The van der Waals surface area contributed by atoms with E-state index >= 15 is 0 Å². The fourth-order valence-corrected chi connectivity index (χ4v) is 3.36. The van der Waals surface area contributed by atoms with Crippen LogP contribution in [0.2, 0.25) is 0 Å². The second-order valence-electron chi connectivity index (χ2n) is 6.19. The Labute approximate surface area is 148 Å². The van der Waals surface area contributed by atoms with E-state index in [9.17, 15) is 13.6 Å². The van der Waals surface area contributed by atoms with Gasteiger partial charge in [0.1, 0.15) is 0 Å². The van der Waals surface area contributed by atoms with Gasteiger partial charge in [-0.3, -0.25) is 4.99 Å². The molecule has 2 aromatic rings. The fourth-order valence-electron chi connectivity index (χ4n) is 2.33. The molecule has 3 rings (SSSR count). The topological polar surface area (TPSA) is 44.7 Å². The number of thioether (sulfide) groups is 1. The minimum absolute atomic E-state index is 0.167. The van der Waals surface area contributed by atoms with E-state index in [1.54, 1.807) is 24.3 Å². The van der Waals surface area contributed by atoms with Crippen LogP contribution in [-0.4, -0.2) is 22.5 Å². The quantitative estimate of drug-likeness (QED) is 0.828. The maximum atomic E-state index is 13.7. The van der Waals surface area contributed by atoms with E-state index in [4.69, 9.17) is 0 Å². The van der Waals surface area contributed by atoms with Crippen molar-refractivity contribution in [3.8, 4) is 0 Å². The van der Waals surface area contributed by atoms with E-state index in [0.717, 1.165) is 12.1 Å². The Morgan fingerprint density at radius 3 is 2.48 bits per heavy atom. The van der Waals surface area contributed by atoms with Crippen molar-refractivity contribution in [3.63, 3.8) is 0 Å². The number of hydrogen-bond donors (Lipinski definition) is 1. The molecule has 1 aliphatic rings. The van der Waals surface area contributed by atoms with E-state index in [-0.39, 0.29) is 10.4 Å². The standard InChI is InChI=1S/C18H17F2N3OS/c1-18(2)11-21-17(25-18)23(13-8-9-14(19)15(20)10-13)16(24)22-12-6-4-3-5-7-12/h3-10H,11H2,1-2H3,(H,22,24). The summed E-state index contributed by atoms with van der Waals surface area (Å²) in [6.45, 7) is 4.55. The molecule has 4 nitrogen and oxygen atoms in total. The molecular weight excluding hydrogens is 344 g/mol. The molecule has 0 unspecified atom stereocenters. The maximum Gasteiger partial charge on any atom is 0.332 e. The van der Waals surface area contributed by atoms with Crippen LogP contribution in [0, 0.1) is 11.6 Å². The largest absolute Gasteiger partial charge is 0.332 e. The average Bonchev–Trinajstić information content (AvgIpc) is 2.91. The van der Waals surface area contributed by atoms with Gasteiger partial charge in [-0.2, -0.15) is 0 Å². The molecule has 0 saturated carbocycles. The number of hydrogen-bond acceptors (Lipinski definition) is 3. The summed E-state index contributed by atoms with van der Waals surface area (Å²) in [5.74, 6) is -1.98. The number of aliphatic imine (C=N–C) groups is 1. The fraction of sp³-hybridized carbons (Fsp3) is 0.222. The number of amides is 2. The summed E-state index contributed by atoms with van der Waals surface area (Å²) >= 11 is 1.42. The summed E-state index contributed by atoms with van der Waals surface area (Å²) in [7, 11) is 0. The van der Waals surface area contributed by atoms with Gasteiger partial charge < -0.3 is 5.32 Å². The first-order valence-electron chi connectivity index (χ1n) is 7.70. The molecule has 0 radical (unpaired) electrons. The van der Waals surface area contributed by atoms with Gasteiger partial charge in [0, 0.05) is 16.5 Å². The summed E-state index contributed by atoms with van der Waals surface area (Å²) in [5, 5.41) is 3.20. The van der Waals surface area contributed by atoms with Crippen LogP contribution >= 0.6 is 11.8 Å². The lowest BCUT2D eigenvalue weighted by atomic mass is 10.2. The third-order valence-corrected chi connectivity index (χ3v) is 4.72. The zero-order chi connectivity index (χ0) is 18.0. The average molecular weight is 361 g/mol. The number of halogens is 2. The number of carbonyl (C=O) groups excluding carboxylic acids is 1. The highest BCUT2D eigenvalue weighted by Crippen LogP contribution is 2.35. The molecule has 0 bridgehead atoms. The van der Waals surface area contributed by atoms with E-state index in [0.29, 0.717) is 17.4 Å². The monoisotopic (exact) mass is 361 g/mol. The smallest absolute Gasteiger partial charge is 0.307 e. The Hall–Kier alpha value is -2.41. The molecule has 0 fully saturated rings. The molecule has 1 N–H and O–H groups in total. The SMILES string of the molecule is CC1(C)CN=C(N(C(=O)Nc2ccccc2)c2ccc(F)c(F)c2)S1. The van der Waals surface area contributed by atoms with Crippen molar-refractivity contribution in [2.75, 3.05) is 16.8 Å². The van der Waals surface area contributed by atoms with Crippen LogP contribution in [-0.2, 0) is 0 Å². The third kappa shape index (κ3) is 3.99. The highest BCUT2D eigenvalue weighted by molar-refractivity contribution is 8.15. The van der Waals surface area contributed by atoms with Gasteiger partial charge in [0.25, 0.3) is 0 Å². The Morgan fingerprint density at radius 1 is 1.16 bits per heavy atom. The predicted octanol–water partition coefficient (Wildman–Crippen LogP) is 4.88. The molecule has 1 heterocycles. The van der Waals surface area contributed by atoms with Crippen molar-refractivity contribution in [1.29, 1.82) is 0 Å². The summed E-state index contributed by atoms with van der Waals surface area (Å²) in [6, 6.07) is 11.8. The van der Waals surface area contributed by atoms with Gasteiger partial charge in [0.15, 0.2) is 16.8 Å². The second kappa shape index (κ2) is 6.84. The van der Waals surface area contributed by atoms with Crippen molar-refractivity contribution in [2.24, 2.45) is 4.99 Å². The number of urea groups is 1. The molecule has 130 valence electrons. The third-order valence-electron chi connectivity index (χ3n) is 3.54. The van der Waals surface area contributed by atoms with Crippen molar-refractivity contribution >= 4 is 34.3 Å². The summed E-state index contributed by atoms with van der Waals surface area (Å²) < 4.78 is 26.8. The maximum absolute atomic E-state index is 13.7.